The number of rotatable bonds is 4. The van der Waals surface area contributed by atoms with Gasteiger partial charge in [-0.15, -0.1) is 0 Å². The number of nitrogens with one attached hydrogen (secondary N) is 1. The predicted octanol–water partition coefficient (Wildman–Crippen LogP) is 2.62. The van der Waals surface area contributed by atoms with Crippen LogP contribution >= 0.6 is 0 Å². The Kier molecular flexibility index (Phi) is 3.82. The second kappa shape index (κ2) is 4.92. The van der Waals surface area contributed by atoms with Crippen LogP contribution in [0.4, 0.5) is 0 Å². The summed E-state index contributed by atoms with van der Waals surface area (Å²) in [4.78, 5) is 11.5. The number of ketones is 1. The molecule has 0 heterocycles. The maximum absolute atomic E-state index is 11.5. The van der Waals surface area contributed by atoms with Crippen molar-refractivity contribution in [1.29, 1.82) is 5.41 Å². The third-order valence-electron chi connectivity index (χ3n) is 2.57. The van der Waals surface area contributed by atoms with Crippen LogP contribution in [0, 0.1) is 17.2 Å². The molecule has 0 aliphatic heterocycles. The third kappa shape index (κ3) is 2.69. The van der Waals surface area contributed by atoms with Crippen LogP contribution in [0.15, 0.2) is 24.3 Å². The lowest BCUT2D eigenvalue weighted by Gasteiger charge is -2.19. The van der Waals surface area contributed by atoms with Gasteiger partial charge in [-0.2, -0.15) is 0 Å². The van der Waals surface area contributed by atoms with Crippen LogP contribution in [0.1, 0.15) is 26.3 Å². The van der Waals surface area contributed by atoms with E-state index < -0.39 is 5.92 Å². The van der Waals surface area contributed by atoms with Gasteiger partial charge in [-0.3, -0.25) is 4.79 Å². The van der Waals surface area contributed by atoms with E-state index in [2.05, 4.69) is 0 Å². The number of benzene rings is 1. The van der Waals surface area contributed by atoms with Crippen LogP contribution in [0.2, 0.25) is 0 Å². The molecule has 0 fully saturated rings. The molecule has 0 aliphatic carbocycles. The second-order valence-electron chi connectivity index (χ2n) is 4.30. The van der Waals surface area contributed by atoms with Gasteiger partial charge < -0.3 is 10.5 Å². The van der Waals surface area contributed by atoms with Gasteiger partial charge in [0.1, 0.15) is 11.5 Å². The van der Waals surface area contributed by atoms with Crippen molar-refractivity contribution < 1.29 is 9.90 Å². The smallest absolute Gasteiger partial charge is 0.139 e. The normalized spacial score (nSPS) is 12.5. The monoisotopic (exact) mass is 219 g/mol. The molecule has 0 radical (unpaired) electrons. The Hall–Kier alpha value is -1.64. The Morgan fingerprint density at radius 2 is 2.00 bits per heavy atom. The first-order valence-electron chi connectivity index (χ1n) is 5.31. The van der Waals surface area contributed by atoms with Gasteiger partial charge in [0.15, 0.2) is 0 Å². The molecule has 0 saturated carbocycles. The van der Waals surface area contributed by atoms with Gasteiger partial charge >= 0.3 is 0 Å². The molecular weight excluding hydrogens is 202 g/mol. The van der Waals surface area contributed by atoms with Crippen molar-refractivity contribution in [2.45, 2.75) is 20.8 Å². The van der Waals surface area contributed by atoms with Crippen molar-refractivity contribution in [1.82, 2.24) is 0 Å². The lowest BCUT2D eigenvalue weighted by molar-refractivity contribution is -0.119. The standard InChI is InChI=1S/C13H17NO2/c1-8(2)12(9(3)15)13(14)10-5-4-6-11(16)7-10/h4-8,12,14,16H,1-3H3. The summed E-state index contributed by atoms with van der Waals surface area (Å²) >= 11 is 0. The molecule has 86 valence electrons. The van der Waals surface area contributed by atoms with Gasteiger partial charge in [-0.1, -0.05) is 26.0 Å². The zero-order chi connectivity index (χ0) is 12.3. The molecule has 1 aromatic rings. The lowest BCUT2D eigenvalue weighted by Crippen LogP contribution is -2.27. The van der Waals surface area contributed by atoms with E-state index in [0.717, 1.165) is 0 Å². The summed E-state index contributed by atoms with van der Waals surface area (Å²) in [6.45, 7) is 5.34. The summed E-state index contributed by atoms with van der Waals surface area (Å²) in [5.74, 6) is -0.203. The molecule has 1 unspecified atom stereocenters. The Labute approximate surface area is 95.6 Å². The fourth-order valence-electron chi connectivity index (χ4n) is 1.86. The zero-order valence-corrected chi connectivity index (χ0v) is 9.82. The lowest BCUT2D eigenvalue weighted by atomic mass is 9.84. The molecule has 0 aromatic heterocycles. The second-order valence-corrected chi connectivity index (χ2v) is 4.30. The van der Waals surface area contributed by atoms with Crippen molar-refractivity contribution in [2.75, 3.05) is 0 Å². The summed E-state index contributed by atoms with van der Waals surface area (Å²) in [5, 5.41) is 17.4. The molecule has 1 atom stereocenters. The fraction of sp³-hybridized carbons (Fsp3) is 0.385. The van der Waals surface area contributed by atoms with Crippen LogP contribution in [0.3, 0.4) is 0 Å². The molecule has 0 bridgehead atoms. The quantitative estimate of drug-likeness (QED) is 0.765. The molecule has 2 N–H and O–H groups in total. The molecule has 0 aliphatic rings. The number of hydrogen-bond acceptors (Lipinski definition) is 3. The minimum Gasteiger partial charge on any atom is -0.508 e. The number of hydrogen-bond donors (Lipinski definition) is 2. The molecule has 1 rings (SSSR count). The summed E-state index contributed by atoms with van der Waals surface area (Å²) < 4.78 is 0. The summed E-state index contributed by atoms with van der Waals surface area (Å²) in [7, 11) is 0. The predicted molar refractivity (Wildman–Crippen MR) is 63.9 cm³/mol. The van der Waals surface area contributed by atoms with Gasteiger partial charge in [0, 0.05) is 5.71 Å². The van der Waals surface area contributed by atoms with Gasteiger partial charge in [0.05, 0.1) is 5.92 Å². The van der Waals surface area contributed by atoms with Gasteiger partial charge in [0.2, 0.25) is 0 Å². The van der Waals surface area contributed by atoms with E-state index >= 15 is 0 Å². The van der Waals surface area contributed by atoms with Crippen molar-refractivity contribution in [3.05, 3.63) is 29.8 Å². The summed E-state index contributed by atoms with van der Waals surface area (Å²) in [6, 6.07) is 6.48. The van der Waals surface area contributed by atoms with E-state index in [9.17, 15) is 9.90 Å². The first-order valence-corrected chi connectivity index (χ1v) is 5.31. The number of aromatic hydroxyl groups is 1. The SMILES string of the molecule is CC(=O)C(C(=N)c1cccc(O)c1)C(C)C. The van der Waals surface area contributed by atoms with Crippen LogP contribution in [-0.2, 0) is 4.79 Å². The minimum atomic E-state index is -0.401. The average molecular weight is 219 g/mol. The van der Waals surface area contributed by atoms with Crippen molar-refractivity contribution >= 4 is 11.5 Å². The third-order valence-corrected chi connectivity index (χ3v) is 2.57. The molecule has 3 heteroatoms. The van der Waals surface area contributed by atoms with Gasteiger partial charge in [0.25, 0.3) is 0 Å². The summed E-state index contributed by atoms with van der Waals surface area (Å²) in [6.07, 6.45) is 0. The Balaban J connectivity index is 3.04. The number of phenolic OH excluding ortho intramolecular Hbond substituents is 1. The molecule has 16 heavy (non-hydrogen) atoms. The van der Waals surface area contributed by atoms with Crippen LogP contribution in [0.5, 0.6) is 5.75 Å². The average Bonchev–Trinajstić information content (AvgIpc) is 2.16. The highest BCUT2D eigenvalue weighted by molar-refractivity contribution is 6.11. The maximum Gasteiger partial charge on any atom is 0.139 e. The highest BCUT2D eigenvalue weighted by atomic mass is 16.3. The first kappa shape index (κ1) is 12.4. The molecule has 0 saturated heterocycles. The van der Waals surface area contributed by atoms with E-state index in [1.807, 2.05) is 13.8 Å². The van der Waals surface area contributed by atoms with Gasteiger partial charge in [-0.05, 0) is 30.5 Å². The molecule has 3 nitrogen and oxygen atoms in total. The fourth-order valence-corrected chi connectivity index (χ4v) is 1.86. The number of carbonyl (C=O) groups is 1. The van der Waals surface area contributed by atoms with E-state index in [0.29, 0.717) is 5.56 Å². The highest BCUT2D eigenvalue weighted by Crippen LogP contribution is 2.20. The highest BCUT2D eigenvalue weighted by Gasteiger charge is 2.24. The Morgan fingerprint density at radius 3 is 2.44 bits per heavy atom. The van der Waals surface area contributed by atoms with Crippen LogP contribution in [-0.4, -0.2) is 16.6 Å². The van der Waals surface area contributed by atoms with Crippen molar-refractivity contribution in [3.63, 3.8) is 0 Å². The summed E-state index contributed by atoms with van der Waals surface area (Å²) in [5.41, 5.74) is 0.882. The molecular formula is C13H17NO2. The minimum absolute atomic E-state index is 0.0108. The van der Waals surface area contributed by atoms with E-state index in [4.69, 9.17) is 5.41 Å². The van der Waals surface area contributed by atoms with Crippen LogP contribution < -0.4 is 0 Å². The topological polar surface area (TPSA) is 61.2 Å². The van der Waals surface area contributed by atoms with Gasteiger partial charge in [-0.25, -0.2) is 0 Å². The largest absolute Gasteiger partial charge is 0.508 e. The number of carbonyl (C=O) groups excluding carboxylic acids is 1. The number of Topliss-reactive ketones (excluding diaryl/α,β-unsaturated/α-hetero) is 1. The van der Waals surface area contributed by atoms with E-state index in [1.54, 1.807) is 18.2 Å². The van der Waals surface area contributed by atoms with E-state index in [-0.39, 0.29) is 23.2 Å². The molecule has 0 spiro atoms. The van der Waals surface area contributed by atoms with Crippen molar-refractivity contribution in [3.8, 4) is 5.75 Å². The maximum atomic E-state index is 11.5. The Morgan fingerprint density at radius 1 is 1.38 bits per heavy atom. The first-order chi connectivity index (χ1) is 7.43. The van der Waals surface area contributed by atoms with E-state index in [1.165, 1.54) is 13.0 Å². The van der Waals surface area contributed by atoms with Crippen LogP contribution in [0.25, 0.3) is 0 Å². The molecule has 0 amide bonds. The Bertz CT molecular complexity index is 410. The van der Waals surface area contributed by atoms with Crippen molar-refractivity contribution in [2.24, 2.45) is 11.8 Å². The molecule has 1 aromatic carbocycles. The zero-order valence-electron chi connectivity index (χ0n) is 9.82. The number of phenols is 1.